The van der Waals surface area contributed by atoms with Crippen LogP contribution >= 0.6 is 11.3 Å². The van der Waals surface area contributed by atoms with Gasteiger partial charge in [-0.1, -0.05) is 6.07 Å². The quantitative estimate of drug-likeness (QED) is 0.735. The van der Waals surface area contributed by atoms with E-state index in [-0.39, 0.29) is 0 Å². The van der Waals surface area contributed by atoms with Gasteiger partial charge in [-0.3, -0.25) is 0 Å². The van der Waals surface area contributed by atoms with Gasteiger partial charge in [0.05, 0.1) is 7.11 Å². The first-order valence-electron chi connectivity index (χ1n) is 7.81. The van der Waals surface area contributed by atoms with Gasteiger partial charge in [0, 0.05) is 54.2 Å². The summed E-state index contributed by atoms with van der Waals surface area (Å²) in [6.07, 6.45) is 1.92. The van der Waals surface area contributed by atoms with Crippen molar-refractivity contribution in [3.8, 4) is 5.75 Å². The number of nitrogens with zero attached hydrogens (tertiary/aromatic N) is 3. The second-order valence-corrected chi connectivity index (χ2v) is 6.59. The molecule has 3 aromatic rings. The fraction of sp³-hybridized carbons (Fsp3) is 0.278. The first-order valence-corrected chi connectivity index (χ1v) is 8.69. The molecular formula is C18H19N3OS. The number of benzene rings is 1. The van der Waals surface area contributed by atoms with Crippen LogP contribution in [0.25, 0.3) is 10.1 Å². The Morgan fingerprint density at radius 2 is 1.87 bits per heavy atom. The van der Waals surface area contributed by atoms with Crippen molar-refractivity contribution in [1.29, 1.82) is 0 Å². The smallest absolute Gasteiger partial charge is 0.137 e. The van der Waals surface area contributed by atoms with E-state index in [9.17, 15) is 0 Å². The molecular weight excluding hydrogens is 306 g/mol. The molecule has 1 saturated heterocycles. The molecule has 0 saturated carbocycles. The van der Waals surface area contributed by atoms with Gasteiger partial charge in [0.2, 0.25) is 0 Å². The molecule has 0 atom stereocenters. The summed E-state index contributed by atoms with van der Waals surface area (Å²) in [7, 11) is 1.71. The van der Waals surface area contributed by atoms with E-state index in [0.29, 0.717) is 0 Å². The minimum Gasteiger partial charge on any atom is -0.497 e. The van der Waals surface area contributed by atoms with Crippen LogP contribution in [-0.2, 0) is 0 Å². The minimum absolute atomic E-state index is 0.912. The monoisotopic (exact) mass is 325 g/mol. The molecule has 1 aliphatic rings. The molecule has 0 amide bonds. The van der Waals surface area contributed by atoms with Crippen molar-refractivity contribution in [2.75, 3.05) is 43.1 Å². The minimum atomic E-state index is 0.912. The SMILES string of the molecule is COc1cccc(N2CCN(c3nccc4sccc34)CC2)c1. The van der Waals surface area contributed by atoms with Crippen LogP contribution in [0.3, 0.4) is 0 Å². The lowest BCUT2D eigenvalue weighted by Crippen LogP contribution is -2.46. The average molecular weight is 325 g/mol. The maximum absolute atomic E-state index is 5.33. The van der Waals surface area contributed by atoms with Crippen molar-refractivity contribution in [3.05, 3.63) is 48.0 Å². The van der Waals surface area contributed by atoms with E-state index in [2.05, 4.69) is 44.4 Å². The number of hydrogen-bond acceptors (Lipinski definition) is 5. The van der Waals surface area contributed by atoms with Crippen LogP contribution in [0.1, 0.15) is 0 Å². The Morgan fingerprint density at radius 1 is 1.04 bits per heavy atom. The molecule has 0 unspecified atom stereocenters. The molecule has 1 aliphatic heterocycles. The molecule has 1 aromatic carbocycles. The Hall–Kier alpha value is -2.27. The van der Waals surface area contributed by atoms with Crippen LogP contribution in [-0.4, -0.2) is 38.3 Å². The van der Waals surface area contributed by atoms with Crippen LogP contribution in [0.4, 0.5) is 11.5 Å². The summed E-state index contributed by atoms with van der Waals surface area (Å²) in [5, 5.41) is 3.41. The third-order valence-corrected chi connectivity index (χ3v) is 5.24. The van der Waals surface area contributed by atoms with Crippen LogP contribution in [0.2, 0.25) is 0 Å². The summed E-state index contributed by atoms with van der Waals surface area (Å²) in [4.78, 5) is 9.43. The van der Waals surface area contributed by atoms with Gasteiger partial charge in [-0.25, -0.2) is 4.98 Å². The second kappa shape index (κ2) is 6.08. The number of fused-ring (bicyclic) bond motifs is 1. The van der Waals surface area contributed by atoms with Gasteiger partial charge in [-0.05, 0) is 29.6 Å². The maximum atomic E-state index is 5.33. The number of piperazine rings is 1. The fourth-order valence-electron chi connectivity index (χ4n) is 3.12. The molecule has 0 bridgehead atoms. The van der Waals surface area contributed by atoms with Gasteiger partial charge >= 0.3 is 0 Å². The molecule has 0 N–H and O–H groups in total. The van der Waals surface area contributed by atoms with Crippen LogP contribution in [0.5, 0.6) is 5.75 Å². The van der Waals surface area contributed by atoms with E-state index < -0.39 is 0 Å². The lowest BCUT2D eigenvalue weighted by atomic mass is 10.2. The highest BCUT2D eigenvalue weighted by Crippen LogP contribution is 2.30. The van der Waals surface area contributed by atoms with Crippen molar-refractivity contribution in [2.45, 2.75) is 0 Å². The third kappa shape index (κ3) is 2.72. The average Bonchev–Trinajstić information content (AvgIpc) is 3.11. The zero-order valence-corrected chi connectivity index (χ0v) is 13.9. The van der Waals surface area contributed by atoms with E-state index in [1.165, 1.54) is 15.8 Å². The summed E-state index contributed by atoms with van der Waals surface area (Å²) in [6.45, 7) is 3.96. The number of pyridine rings is 1. The van der Waals surface area contributed by atoms with Crippen LogP contribution < -0.4 is 14.5 Å². The van der Waals surface area contributed by atoms with Crippen LogP contribution in [0.15, 0.2) is 48.0 Å². The molecule has 4 nitrogen and oxygen atoms in total. The lowest BCUT2D eigenvalue weighted by Gasteiger charge is -2.37. The molecule has 0 aliphatic carbocycles. The summed E-state index contributed by atoms with van der Waals surface area (Å²) >= 11 is 1.78. The fourth-order valence-corrected chi connectivity index (χ4v) is 3.89. The van der Waals surface area contributed by atoms with Gasteiger partial charge in [-0.15, -0.1) is 11.3 Å². The maximum Gasteiger partial charge on any atom is 0.137 e. The number of rotatable bonds is 3. The molecule has 118 valence electrons. The first kappa shape index (κ1) is 14.3. The molecule has 2 aromatic heterocycles. The summed E-state index contributed by atoms with van der Waals surface area (Å²) in [5.41, 5.74) is 1.23. The summed E-state index contributed by atoms with van der Waals surface area (Å²) < 4.78 is 6.64. The largest absolute Gasteiger partial charge is 0.497 e. The third-order valence-electron chi connectivity index (χ3n) is 4.36. The highest BCUT2D eigenvalue weighted by Gasteiger charge is 2.20. The van der Waals surface area contributed by atoms with Gasteiger partial charge in [0.25, 0.3) is 0 Å². The Balaban J connectivity index is 1.51. The van der Waals surface area contributed by atoms with Crippen molar-refractivity contribution in [2.24, 2.45) is 0 Å². The molecule has 3 heterocycles. The van der Waals surface area contributed by atoms with Gasteiger partial charge in [0.15, 0.2) is 0 Å². The number of methoxy groups -OCH3 is 1. The standard InChI is InChI=1S/C18H19N3OS/c1-22-15-4-2-3-14(13-15)20-8-10-21(11-9-20)18-16-6-12-23-17(16)5-7-19-18/h2-7,12-13H,8-11H2,1H3. The van der Waals surface area contributed by atoms with E-state index in [0.717, 1.165) is 37.7 Å². The van der Waals surface area contributed by atoms with Crippen molar-refractivity contribution in [1.82, 2.24) is 4.98 Å². The zero-order valence-electron chi connectivity index (χ0n) is 13.1. The predicted molar refractivity (Wildman–Crippen MR) is 97.0 cm³/mol. The summed E-state index contributed by atoms with van der Waals surface area (Å²) in [6, 6.07) is 12.6. The topological polar surface area (TPSA) is 28.6 Å². The van der Waals surface area contributed by atoms with E-state index >= 15 is 0 Å². The van der Waals surface area contributed by atoms with Crippen molar-refractivity contribution in [3.63, 3.8) is 0 Å². The van der Waals surface area contributed by atoms with Gasteiger partial charge in [0.1, 0.15) is 11.6 Å². The van der Waals surface area contributed by atoms with E-state index in [4.69, 9.17) is 4.74 Å². The molecule has 5 heteroatoms. The highest BCUT2D eigenvalue weighted by atomic mass is 32.1. The highest BCUT2D eigenvalue weighted by molar-refractivity contribution is 7.17. The van der Waals surface area contributed by atoms with Crippen molar-refractivity contribution >= 4 is 32.9 Å². The first-order chi connectivity index (χ1) is 11.3. The Labute approximate surface area is 139 Å². The zero-order chi connectivity index (χ0) is 15.6. The van der Waals surface area contributed by atoms with E-state index in [1.807, 2.05) is 18.3 Å². The van der Waals surface area contributed by atoms with Crippen LogP contribution in [0, 0.1) is 0 Å². The number of hydrogen-bond donors (Lipinski definition) is 0. The number of thiophene rings is 1. The normalized spacial score (nSPS) is 15.2. The Kier molecular flexibility index (Phi) is 3.79. The molecule has 0 spiro atoms. The van der Waals surface area contributed by atoms with E-state index in [1.54, 1.807) is 18.4 Å². The molecule has 23 heavy (non-hydrogen) atoms. The molecule has 4 rings (SSSR count). The second-order valence-electron chi connectivity index (χ2n) is 5.64. The number of aromatic nitrogens is 1. The molecule has 0 radical (unpaired) electrons. The molecule has 1 fully saturated rings. The number of anilines is 2. The van der Waals surface area contributed by atoms with Gasteiger partial charge < -0.3 is 14.5 Å². The lowest BCUT2D eigenvalue weighted by molar-refractivity contribution is 0.414. The Bertz CT molecular complexity index is 809. The Morgan fingerprint density at radius 3 is 2.70 bits per heavy atom. The van der Waals surface area contributed by atoms with Gasteiger partial charge in [-0.2, -0.15) is 0 Å². The van der Waals surface area contributed by atoms with Crippen molar-refractivity contribution < 1.29 is 4.74 Å². The predicted octanol–water partition coefficient (Wildman–Crippen LogP) is 3.63. The summed E-state index contributed by atoms with van der Waals surface area (Å²) in [5.74, 6) is 2.03. The number of ether oxygens (including phenoxy) is 1.